The van der Waals surface area contributed by atoms with Gasteiger partial charge in [-0.2, -0.15) is 4.68 Å². The van der Waals surface area contributed by atoms with Crippen molar-refractivity contribution in [1.82, 2.24) is 20.2 Å². The van der Waals surface area contributed by atoms with Gasteiger partial charge in [-0.05, 0) is 75.2 Å². The van der Waals surface area contributed by atoms with E-state index in [9.17, 15) is 0 Å². The second-order valence-corrected chi connectivity index (χ2v) is 5.88. The second kappa shape index (κ2) is 5.46. The first kappa shape index (κ1) is 14.0. The molecule has 1 aromatic heterocycles. The molecule has 0 spiro atoms. The summed E-state index contributed by atoms with van der Waals surface area (Å²) in [6.45, 7) is 1.97. The van der Waals surface area contributed by atoms with Crippen LogP contribution >= 0.6 is 27.5 Å². The van der Waals surface area contributed by atoms with Gasteiger partial charge >= 0.3 is 0 Å². The molecule has 0 aliphatic rings. The van der Waals surface area contributed by atoms with Gasteiger partial charge in [-0.25, -0.2) is 0 Å². The van der Waals surface area contributed by atoms with Gasteiger partial charge in [0.05, 0.1) is 5.69 Å². The van der Waals surface area contributed by atoms with Crippen molar-refractivity contribution in [3.8, 4) is 17.1 Å². The third kappa shape index (κ3) is 2.64. The molecule has 2 aromatic carbocycles. The molecule has 0 bridgehead atoms. The minimum atomic E-state index is 0.643. The van der Waals surface area contributed by atoms with E-state index in [2.05, 4.69) is 31.5 Å². The van der Waals surface area contributed by atoms with Crippen molar-refractivity contribution in [3.05, 3.63) is 51.5 Å². The number of nitrogens with zero attached hydrogens (tertiary/aromatic N) is 4. The number of nitrogen functional groups attached to an aromatic ring is 1. The fourth-order valence-corrected chi connectivity index (χ4v) is 2.96. The molecule has 7 heteroatoms. The Morgan fingerprint density at radius 3 is 2.71 bits per heavy atom. The zero-order valence-electron chi connectivity index (χ0n) is 11.1. The van der Waals surface area contributed by atoms with Gasteiger partial charge in [0, 0.05) is 20.7 Å². The highest BCUT2D eigenvalue weighted by atomic mass is 79.9. The third-order valence-corrected chi connectivity index (χ3v) is 3.97. The first-order valence-electron chi connectivity index (χ1n) is 6.16. The summed E-state index contributed by atoms with van der Waals surface area (Å²) in [4.78, 5) is 0. The highest BCUT2D eigenvalue weighted by molar-refractivity contribution is 9.10. The van der Waals surface area contributed by atoms with Crippen LogP contribution in [0.1, 0.15) is 5.56 Å². The molecular weight excluding hydrogens is 354 g/mol. The van der Waals surface area contributed by atoms with Crippen molar-refractivity contribution in [2.45, 2.75) is 6.92 Å². The molecule has 3 rings (SSSR count). The van der Waals surface area contributed by atoms with Crippen LogP contribution < -0.4 is 5.73 Å². The van der Waals surface area contributed by atoms with Crippen molar-refractivity contribution >= 4 is 33.2 Å². The molecule has 0 atom stereocenters. The minimum absolute atomic E-state index is 0.643. The highest BCUT2D eigenvalue weighted by Crippen LogP contribution is 2.29. The molecule has 0 aliphatic carbocycles. The van der Waals surface area contributed by atoms with Crippen LogP contribution in [0, 0.1) is 6.92 Å². The summed E-state index contributed by atoms with van der Waals surface area (Å²) in [5, 5.41) is 12.6. The van der Waals surface area contributed by atoms with Gasteiger partial charge in [-0.1, -0.05) is 11.6 Å². The van der Waals surface area contributed by atoms with E-state index in [1.807, 2.05) is 31.2 Å². The van der Waals surface area contributed by atoms with Crippen molar-refractivity contribution in [1.29, 1.82) is 0 Å². The van der Waals surface area contributed by atoms with Crippen LogP contribution in [0.3, 0.4) is 0 Å². The zero-order valence-corrected chi connectivity index (χ0v) is 13.4. The van der Waals surface area contributed by atoms with Crippen LogP contribution in [0.15, 0.2) is 40.9 Å². The van der Waals surface area contributed by atoms with Crippen molar-refractivity contribution in [3.63, 3.8) is 0 Å². The predicted molar refractivity (Wildman–Crippen MR) is 86.4 cm³/mol. The van der Waals surface area contributed by atoms with Gasteiger partial charge in [-0.3, -0.25) is 0 Å². The number of aromatic nitrogens is 4. The molecule has 106 valence electrons. The van der Waals surface area contributed by atoms with Gasteiger partial charge in [0.15, 0.2) is 5.82 Å². The number of anilines is 1. The van der Waals surface area contributed by atoms with Gasteiger partial charge in [0.25, 0.3) is 0 Å². The van der Waals surface area contributed by atoms with Crippen LogP contribution in [-0.2, 0) is 0 Å². The lowest BCUT2D eigenvalue weighted by Gasteiger charge is -2.09. The van der Waals surface area contributed by atoms with Gasteiger partial charge in [0.1, 0.15) is 0 Å². The van der Waals surface area contributed by atoms with Gasteiger partial charge in [0.2, 0.25) is 0 Å². The smallest absolute Gasteiger partial charge is 0.187 e. The van der Waals surface area contributed by atoms with Crippen molar-refractivity contribution < 1.29 is 0 Å². The van der Waals surface area contributed by atoms with E-state index in [4.69, 9.17) is 17.3 Å². The van der Waals surface area contributed by atoms with Crippen molar-refractivity contribution in [2.75, 3.05) is 5.73 Å². The summed E-state index contributed by atoms with van der Waals surface area (Å²) in [7, 11) is 0. The number of hydrogen-bond acceptors (Lipinski definition) is 4. The summed E-state index contributed by atoms with van der Waals surface area (Å²) in [6.07, 6.45) is 0. The maximum Gasteiger partial charge on any atom is 0.187 e. The van der Waals surface area contributed by atoms with Crippen LogP contribution in [0.4, 0.5) is 5.69 Å². The first-order chi connectivity index (χ1) is 10.1. The Morgan fingerprint density at radius 1 is 1.19 bits per heavy atom. The van der Waals surface area contributed by atoms with E-state index < -0.39 is 0 Å². The lowest BCUT2D eigenvalue weighted by atomic mass is 10.1. The fraction of sp³-hybridized carbons (Fsp3) is 0.0714. The molecule has 0 aliphatic heterocycles. The van der Waals surface area contributed by atoms with Crippen LogP contribution in [0.25, 0.3) is 17.1 Å². The Labute approximate surface area is 134 Å². The Morgan fingerprint density at radius 2 is 2.00 bits per heavy atom. The molecule has 1 heterocycles. The molecule has 0 saturated heterocycles. The number of rotatable bonds is 2. The molecule has 0 fully saturated rings. The molecule has 0 radical (unpaired) electrons. The molecule has 2 N–H and O–H groups in total. The molecular formula is C14H11BrClN5. The molecule has 5 nitrogen and oxygen atoms in total. The van der Waals surface area contributed by atoms with Gasteiger partial charge < -0.3 is 5.73 Å². The quantitative estimate of drug-likeness (QED) is 0.705. The van der Waals surface area contributed by atoms with Crippen LogP contribution in [0.5, 0.6) is 0 Å². The highest BCUT2D eigenvalue weighted by Gasteiger charge is 2.15. The maximum atomic E-state index is 5.97. The largest absolute Gasteiger partial charge is 0.399 e. The molecule has 0 unspecified atom stereocenters. The zero-order chi connectivity index (χ0) is 15.0. The average Bonchev–Trinajstić information content (AvgIpc) is 2.87. The van der Waals surface area contributed by atoms with E-state index in [1.54, 1.807) is 16.8 Å². The Balaban J connectivity index is 2.17. The Kier molecular flexibility index (Phi) is 3.65. The first-order valence-corrected chi connectivity index (χ1v) is 7.33. The third-order valence-electron chi connectivity index (χ3n) is 3.10. The number of benzene rings is 2. The van der Waals surface area contributed by atoms with Gasteiger partial charge in [-0.15, -0.1) is 5.10 Å². The summed E-state index contributed by atoms with van der Waals surface area (Å²) >= 11 is 9.46. The van der Waals surface area contributed by atoms with Crippen molar-refractivity contribution in [2.24, 2.45) is 0 Å². The molecule has 0 amide bonds. The SMILES string of the molecule is Cc1cc(N)ccc1-c1nnnn1-c1ccc(Cl)cc1Br. The van der Waals surface area contributed by atoms with E-state index in [1.165, 1.54) is 0 Å². The standard InChI is InChI=1S/C14H11BrClN5/c1-8-6-10(17)3-4-11(8)14-18-19-20-21(14)13-5-2-9(16)7-12(13)15/h2-7H,17H2,1H3. The minimum Gasteiger partial charge on any atom is -0.399 e. The maximum absolute atomic E-state index is 5.97. The van der Waals surface area contributed by atoms with Crippen LogP contribution in [0.2, 0.25) is 5.02 Å². The summed E-state index contributed by atoms with van der Waals surface area (Å²) in [5.74, 6) is 0.649. The monoisotopic (exact) mass is 363 g/mol. The fourth-order valence-electron chi connectivity index (χ4n) is 2.11. The van der Waals surface area contributed by atoms with Crippen LogP contribution in [-0.4, -0.2) is 20.2 Å². The summed E-state index contributed by atoms with van der Waals surface area (Å²) in [5.41, 5.74) is 9.25. The number of aryl methyl sites for hydroxylation is 1. The predicted octanol–water partition coefficient (Wildman–Crippen LogP) is 3.64. The number of halogens is 2. The molecule has 21 heavy (non-hydrogen) atoms. The van der Waals surface area contributed by atoms with E-state index in [0.29, 0.717) is 16.5 Å². The Bertz CT molecular complexity index is 749. The van der Waals surface area contributed by atoms with E-state index in [-0.39, 0.29) is 0 Å². The lowest BCUT2D eigenvalue weighted by molar-refractivity contribution is 0.789. The number of nitrogens with two attached hydrogens (primary N) is 1. The van der Waals surface area contributed by atoms with E-state index in [0.717, 1.165) is 21.3 Å². The topological polar surface area (TPSA) is 69.6 Å². The normalized spacial score (nSPS) is 10.8. The average molecular weight is 365 g/mol. The summed E-state index contributed by atoms with van der Waals surface area (Å²) in [6, 6.07) is 11.1. The second-order valence-electron chi connectivity index (χ2n) is 4.58. The molecule has 0 saturated carbocycles. The van der Waals surface area contributed by atoms with E-state index >= 15 is 0 Å². The summed E-state index contributed by atoms with van der Waals surface area (Å²) < 4.78 is 2.48. The lowest BCUT2D eigenvalue weighted by Crippen LogP contribution is -2.02. The Hall–Kier alpha value is -1.92. The molecule has 3 aromatic rings. The number of hydrogen-bond donors (Lipinski definition) is 1. The number of tetrazole rings is 1.